The van der Waals surface area contributed by atoms with E-state index in [4.69, 9.17) is 0 Å². The SMILES string of the molecule is c1ccc(-c2ccccc2-c2c3cccc(-c4c5ccccc5cc5sc6ccccc6c45)c3cc3c(-c4c5ccccc5cc5sc6ccccc6c45)cccc23)cc1. The lowest BCUT2D eigenvalue weighted by atomic mass is 9.82. The molecule has 0 bridgehead atoms. The van der Waals surface area contributed by atoms with Gasteiger partial charge in [-0.1, -0.05) is 176 Å². The van der Waals surface area contributed by atoms with Gasteiger partial charge in [0.2, 0.25) is 0 Å². The monoisotopic (exact) mass is 794 g/mol. The first-order valence-corrected chi connectivity index (χ1v) is 22.2. The second-order valence-corrected chi connectivity index (χ2v) is 18.0. The Hall–Kier alpha value is -7.10. The zero-order valence-electron chi connectivity index (χ0n) is 32.4. The van der Waals surface area contributed by atoms with Crippen LogP contribution in [0.4, 0.5) is 0 Å². The summed E-state index contributed by atoms with van der Waals surface area (Å²) >= 11 is 3.79. The van der Waals surface area contributed by atoms with E-state index in [-0.39, 0.29) is 0 Å². The predicted octanol–water partition coefficient (Wildman–Crippen LogP) is 17.7. The van der Waals surface area contributed by atoms with Crippen molar-refractivity contribution < 1.29 is 0 Å². The first-order chi connectivity index (χ1) is 29.8. The lowest BCUT2D eigenvalue weighted by Gasteiger charge is -2.21. The van der Waals surface area contributed by atoms with Crippen LogP contribution in [0.3, 0.4) is 0 Å². The molecule has 0 aliphatic rings. The smallest absolute Gasteiger partial charge is 0.0368 e. The number of thiophene rings is 2. The third kappa shape index (κ3) is 4.96. The van der Waals surface area contributed by atoms with E-state index in [1.54, 1.807) is 0 Å². The molecule has 0 spiro atoms. The third-order valence-electron chi connectivity index (χ3n) is 12.6. The summed E-state index contributed by atoms with van der Waals surface area (Å²) in [4.78, 5) is 0. The highest BCUT2D eigenvalue weighted by Crippen LogP contribution is 2.52. The Balaban J connectivity index is 1.25. The van der Waals surface area contributed by atoms with Gasteiger partial charge in [0, 0.05) is 40.3 Å². The molecular formula is C58H34S2. The molecule has 278 valence electrons. The van der Waals surface area contributed by atoms with Crippen LogP contribution in [0.5, 0.6) is 0 Å². The Bertz CT molecular complexity index is 3670. The van der Waals surface area contributed by atoms with Crippen molar-refractivity contribution in [1.29, 1.82) is 0 Å². The zero-order chi connectivity index (χ0) is 39.3. The summed E-state index contributed by atoms with van der Waals surface area (Å²) in [5, 5.41) is 15.4. The fraction of sp³-hybridized carbons (Fsp3) is 0. The molecule has 0 atom stereocenters. The van der Waals surface area contributed by atoms with Gasteiger partial charge >= 0.3 is 0 Å². The van der Waals surface area contributed by atoms with Gasteiger partial charge in [-0.25, -0.2) is 0 Å². The Labute approximate surface area is 354 Å². The van der Waals surface area contributed by atoms with E-state index in [1.165, 1.54) is 128 Å². The van der Waals surface area contributed by atoms with Gasteiger partial charge in [-0.2, -0.15) is 0 Å². The van der Waals surface area contributed by atoms with Crippen LogP contribution in [0.15, 0.2) is 206 Å². The van der Waals surface area contributed by atoms with Crippen LogP contribution in [-0.4, -0.2) is 0 Å². The molecule has 0 nitrogen and oxygen atoms in total. The summed E-state index contributed by atoms with van der Waals surface area (Å²) in [7, 11) is 0. The average Bonchev–Trinajstić information content (AvgIpc) is 3.87. The van der Waals surface area contributed by atoms with Crippen molar-refractivity contribution in [3.63, 3.8) is 0 Å². The minimum atomic E-state index is 1.21. The van der Waals surface area contributed by atoms with Crippen LogP contribution < -0.4 is 0 Å². The van der Waals surface area contributed by atoms with E-state index in [0.29, 0.717) is 0 Å². The number of hydrogen-bond donors (Lipinski definition) is 0. The maximum Gasteiger partial charge on any atom is 0.0368 e. The highest BCUT2D eigenvalue weighted by Gasteiger charge is 2.23. The van der Waals surface area contributed by atoms with Crippen molar-refractivity contribution in [2.45, 2.75) is 0 Å². The molecular weight excluding hydrogens is 761 g/mol. The van der Waals surface area contributed by atoms with E-state index in [2.05, 4.69) is 206 Å². The summed E-state index contributed by atoms with van der Waals surface area (Å²) in [6, 6.07) is 77.1. The van der Waals surface area contributed by atoms with Crippen LogP contribution in [0.2, 0.25) is 0 Å². The largest absolute Gasteiger partial charge is 0.135 e. The Morgan fingerprint density at radius 2 is 0.650 bits per heavy atom. The minimum absolute atomic E-state index is 1.21. The fourth-order valence-corrected chi connectivity index (χ4v) is 12.5. The highest BCUT2D eigenvalue weighted by molar-refractivity contribution is 7.26. The number of benzene rings is 11. The summed E-state index contributed by atoms with van der Waals surface area (Å²) in [5.74, 6) is 0. The maximum absolute atomic E-state index is 2.54. The van der Waals surface area contributed by atoms with Gasteiger partial charge in [0.05, 0.1) is 0 Å². The molecule has 2 aromatic heterocycles. The van der Waals surface area contributed by atoms with E-state index in [0.717, 1.165) is 0 Å². The predicted molar refractivity (Wildman–Crippen MR) is 264 cm³/mol. The Morgan fingerprint density at radius 1 is 0.233 bits per heavy atom. The van der Waals surface area contributed by atoms with Crippen LogP contribution >= 0.6 is 22.7 Å². The Kier molecular flexibility index (Phi) is 7.45. The maximum atomic E-state index is 2.54. The summed E-state index contributed by atoms with van der Waals surface area (Å²) < 4.78 is 5.27. The molecule has 13 aromatic rings. The molecule has 0 N–H and O–H groups in total. The zero-order valence-corrected chi connectivity index (χ0v) is 34.1. The molecule has 0 amide bonds. The van der Waals surface area contributed by atoms with Gasteiger partial charge in [-0.15, -0.1) is 22.7 Å². The first kappa shape index (κ1) is 33.8. The molecule has 0 aliphatic carbocycles. The van der Waals surface area contributed by atoms with Gasteiger partial charge < -0.3 is 0 Å². The second-order valence-electron chi connectivity index (χ2n) is 15.9. The number of hydrogen-bond acceptors (Lipinski definition) is 2. The molecule has 0 aliphatic heterocycles. The lowest BCUT2D eigenvalue weighted by Crippen LogP contribution is -1.93. The quantitative estimate of drug-likeness (QED) is 0.156. The van der Waals surface area contributed by atoms with E-state index in [1.807, 2.05) is 22.7 Å². The first-order valence-electron chi connectivity index (χ1n) is 20.6. The summed E-state index contributed by atoms with van der Waals surface area (Å²) in [6.07, 6.45) is 0. The Morgan fingerprint density at radius 3 is 1.20 bits per heavy atom. The molecule has 2 heterocycles. The molecule has 2 heteroatoms. The van der Waals surface area contributed by atoms with Crippen molar-refractivity contribution >= 4 is 106 Å². The molecule has 0 unspecified atom stereocenters. The van der Waals surface area contributed by atoms with Gasteiger partial charge in [0.1, 0.15) is 0 Å². The van der Waals surface area contributed by atoms with Gasteiger partial charge in [-0.3, -0.25) is 0 Å². The van der Waals surface area contributed by atoms with E-state index < -0.39 is 0 Å². The summed E-state index contributed by atoms with van der Waals surface area (Å²) in [6.45, 7) is 0. The van der Waals surface area contributed by atoms with E-state index >= 15 is 0 Å². The highest BCUT2D eigenvalue weighted by atomic mass is 32.1. The normalized spacial score (nSPS) is 12.0. The molecule has 11 aromatic carbocycles. The van der Waals surface area contributed by atoms with E-state index in [9.17, 15) is 0 Å². The molecule has 60 heavy (non-hydrogen) atoms. The minimum Gasteiger partial charge on any atom is -0.135 e. The van der Waals surface area contributed by atoms with Crippen LogP contribution in [0, 0.1) is 0 Å². The van der Waals surface area contributed by atoms with Crippen molar-refractivity contribution in [2.75, 3.05) is 0 Å². The van der Waals surface area contributed by atoms with Crippen molar-refractivity contribution in [3.05, 3.63) is 206 Å². The molecule has 0 saturated heterocycles. The topological polar surface area (TPSA) is 0 Å². The average molecular weight is 795 g/mol. The summed E-state index contributed by atoms with van der Waals surface area (Å²) in [5.41, 5.74) is 10.1. The second kappa shape index (κ2) is 13.2. The van der Waals surface area contributed by atoms with Gasteiger partial charge in [0.25, 0.3) is 0 Å². The third-order valence-corrected chi connectivity index (χ3v) is 14.9. The van der Waals surface area contributed by atoms with Gasteiger partial charge in [0.15, 0.2) is 0 Å². The fourth-order valence-electron chi connectivity index (χ4n) is 10.1. The van der Waals surface area contributed by atoms with Crippen molar-refractivity contribution in [1.82, 2.24) is 0 Å². The van der Waals surface area contributed by atoms with Gasteiger partial charge in [-0.05, 0) is 118 Å². The lowest BCUT2D eigenvalue weighted by molar-refractivity contribution is 1.61. The van der Waals surface area contributed by atoms with Crippen LogP contribution in [0.1, 0.15) is 0 Å². The van der Waals surface area contributed by atoms with Crippen LogP contribution in [-0.2, 0) is 0 Å². The molecule has 0 radical (unpaired) electrons. The van der Waals surface area contributed by atoms with Crippen LogP contribution in [0.25, 0.3) is 128 Å². The van der Waals surface area contributed by atoms with Crippen molar-refractivity contribution in [2.24, 2.45) is 0 Å². The molecule has 0 saturated carbocycles. The molecule has 13 rings (SSSR count). The van der Waals surface area contributed by atoms with Crippen molar-refractivity contribution in [3.8, 4) is 44.5 Å². The number of fused-ring (bicyclic) bond motifs is 10. The number of rotatable bonds is 4. The standard InChI is InChI=1S/C58H34S2/c1-2-16-35(17-3-1)38-20-8-9-23-41(38)54-42-26-14-28-44(55-39-21-6-4-18-36(39)32-52-57(55)46-24-10-12-30-50(46)59-52)48(42)34-49-43(54)27-15-29-45(49)56-40-22-7-5-19-37(40)33-53-58(56)47-25-11-13-31-51(47)60-53/h1-34H. The molecule has 0 fully saturated rings.